The number of carboxylic acid groups (broad SMARTS) is 1. The molecule has 1 unspecified atom stereocenters. The zero-order valence-electron chi connectivity index (χ0n) is 15.5. The van der Waals surface area contributed by atoms with E-state index in [1.165, 1.54) is 0 Å². The average Bonchev–Trinajstić information content (AvgIpc) is 2.66. The maximum atomic E-state index is 13.0. The molecule has 6 heteroatoms. The van der Waals surface area contributed by atoms with Crippen molar-refractivity contribution in [3.05, 3.63) is 93.3 Å². The van der Waals surface area contributed by atoms with Crippen molar-refractivity contribution >= 4 is 23.5 Å². The van der Waals surface area contributed by atoms with Gasteiger partial charge in [0.15, 0.2) is 0 Å². The lowest BCUT2D eigenvalue weighted by Gasteiger charge is -2.30. The van der Waals surface area contributed by atoms with Gasteiger partial charge in [-0.05, 0) is 31.0 Å². The van der Waals surface area contributed by atoms with Gasteiger partial charge in [0.1, 0.15) is 6.61 Å². The van der Waals surface area contributed by atoms with Crippen molar-refractivity contribution in [2.24, 2.45) is 0 Å². The van der Waals surface area contributed by atoms with Gasteiger partial charge in [-0.1, -0.05) is 60.1 Å². The van der Waals surface area contributed by atoms with Gasteiger partial charge < -0.3 is 15.2 Å². The van der Waals surface area contributed by atoms with Crippen molar-refractivity contribution in [3.63, 3.8) is 0 Å². The number of benzene rings is 2. The highest BCUT2D eigenvalue weighted by molar-refractivity contribution is 6.31. The second-order valence-corrected chi connectivity index (χ2v) is 6.93. The summed E-state index contributed by atoms with van der Waals surface area (Å²) in [5.41, 5.74) is 2.73. The molecule has 0 saturated heterocycles. The summed E-state index contributed by atoms with van der Waals surface area (Å²) >= 11 is 6.36. The number of halogens is 1. The molecule has 0 amide bonds. The van der Waals surface area contributed by atoms with Crippen LogP contribution in [0.5, 0.6) is 0 Å². The van der Waals surface area contributed by atoms with Crippen molar-refractivity contribution in [2.75, 3.05) is 0 Å². The van der Waals surface area contributed by atoms with E-state index < -0.39 is 17.9 Å². The number of allylic oxidation sites excluding steroid dienone is 2. The van der Waals surface area contributed by atoms with Crippen LogP contribution in [-0.4, -0.2) is 17.0 Å². The van der Waals surface area contributed by atoms with Crippen molar-refractivity contribution in [3.8, 4) is 0 Å². The number of dihydropyridines is 1. The molecule has 5 nitrogen and oxygen atoms in total. The first-order chi connectivity index (χ1) is 13.4. The Labute approximate surface area is 168 Å². The molecule has 2 N–H and O–H groups in total. The minimum atomic E-state index is -1.12. The molecule has 28 heavy (non-hydrogen) atoms. The molecular weight excluding hydrogens is 378 g/mol. The Morgan fingerprint density at radius 1 is 1.00 bits per heavy atom. The van der Waals surface area contributed by atoms with Gasteiger partial charge in [0, 0.05) is 16.4 Å². The number of carbonyl (C=O) groups excluding carboxylic acids is 1. The van der Waals surface area contributed by atoms with Crippen LogP contribution in [0.25, 0.3) is 0 Å². The molecule has 0 saturated carbocycles. The van der Waals surface area contributed by atoms with Gasteiger partial charge in [0.05, 0.1) is 17.1 Å². The Bertz CT molecular complexity index is 979. The first-order valence-corrected chi connectivity index (χ1v) is 9.15. The number of rotatable bonds is 5. The van der Waals surface area contributed by atoms with Crippen molar-refractivity contribution < 1.29 is 19.4 Å². The number of hydrogen-bond acceptors (Lipinski definition) is 4. The predicted molar refractivity (Wildman–Crippen MR) is 107 cm³/mol. The van der Waals surface area contributed by atoms with Crippen molar-refractivity contribution in [1.82, 2.24) is 5.32 Å². The van der Waals surface area contributed by atoms with E-state index in [9.17, 15) is 14.7 Å². The highest BCUT2D eigenvalue weighted by Gasteiger charge is 2.38. The number of nitrogens with one attached hydrogen (secondary N) is 1. The molecule has 3 rings (SSSR count). The van der Waals surface area contributed by atoms with E-state index in [2.05, 4.69) is 5.32 Å². The Morgan fingerprint density at radius 2 is 1.61 bits per heavy atom. The van der Waals surface area contributed by atoms with Crippen molar-refractivity contribution in [1.29, 1.82) is 0 Å². The molecule has 1 aliphatic rings. The van der Waals surface area contributed by atoms with Gasteiger partial charge >= 0.3 is 11.9 Å². The number of aliphatic carboxylic acids is 1. The molecule has 0 aromatic heterocycles. The third-order valence-corrected chi connectivity index (χ3v) is 4.98. The predicted octanol–water partition coefficient (Wildman–Crippen LogP) is 4.40. The molecule has 2 aromatic carbocycles. The molecule has 0 radical (unpaired) electrons. The molecule has 2 aromatic rings. The van der Waals surface area contributed by atoms with Crippen LogP contribution in [0, 0.1) is 0 Å². The monoisotopic (exact) mass is 397 g/mol. The summed E-state index contributed by atoms with van der Waals surface area (Å²) in [6.45, 7) is 3.49. The molecule has 144 valence electrons. The van der Waals surface area contributed by atoms with E-state index in [1.807, 2.05) is 30.3 Å². The van der Waals surface area contributed by atoms with Crippen LogP contribution in [0.15, 0.2) is 77.1 Å². The summed E-state index contributed by atoms with van der Waals surface area (Å²) in [7, 11) is 0. The third kappa shape index (κ3) is 3.94. The molecule has 1 aliphatic heterocycles. The fraction of sp³-hybridized carbons (Fsp3) is 0.182. The summed E-state index contributed by atoms with van der Waals surface area (Å²) in [6.07, 6.45) is 0. The summed E-state index contributed by atoms with van der Waals surface area (Å²) in [4.78, 5) is 25.0. The zero-order valence-corrected chi connectivity index (χ0v) is 16.3. The van der Waals surface area contributed by atoms with Crippen LogP contribution < -0.4 is 5.32 Å². The fourth-order valence-corrected chi connectivity index (χ4v) is 3.61. The van der Waals surface area contributed by atoms with E-state index in [1.54, 1.807) is 38.1 Å². The molecule has 0 bridgehead atoms. The maximum absolute atomic E-state index is 13.0. The largest absolute Gasteiger partial charge is 0.478 e. The highest BCUT2D eigenvalue weighted by Crippen LogP contribution is 2.41. The number of ether oxygens (including phenoxy) is 1. The second kappa shape index (κ2) is 8.31. The van der Waals surface area contributed by atoms with E-state index >= 15 is 0 Å². The minimum absolute atomic E-state index is 0.0744. The van der Waals surface area contributed by atoms with Crippen molar-refractivity contribution in [2.45, 2.75) is 26.4 Å². The molecular formula is C22H20ClNO4. The van der Waals surface area contributed by atoms with Crippen LogP contribution in [0.2, 0.25) is 5.02 Å². The lowest BCUT2D eigenvalue weighted by atomic mass is 9.80. The van der Waals surface area contributed by atoms with E-state index in [0.717, 1.165) is 5.56 Å². The van der Waals surface area contributed by atoms with Crippen LogP contribution >= 0.6 is 11.6 Å². The van der Waals surface area contributed by atoms with E-state index in [0.29, 0.717) is 22.0 Å². The quantitative estimate of drug-likeness (QED) is 0.731. The number of carbonyl (C=O) groups is 2. The summed E-state index contributed by atoms with van der Waals surface area (Å²) in [5, 5.41) is 13.2. The first-order valence-electron chi connectivity index (χ1n) is 8.77. The summed E-state index contributed by atoms with van der Waals surface area (Å²) in [6, 6.07) is 16.2. The lowest BCUT2D eigenvalue weighted by Crippen LogP contribution is -2.31. The minimum Gasteiger partial charge on any atom is -0.478 e. The third-order valence-electron chi connectivity index (χ3n) is 4.64. The Morgan fingerprint density at radius 3 is 2.25 bits per heavy atom. The van der Waals surface area contributed by atoms with Gasteiger partial charge in [-0.15, -0.1) is 0 Å². The second-order valence-electron chi connectivity index (χ2n) is 6.52. The Balaban J connectivity index is 2.01. The van der Waals surface area contributed by atoms with Crippen LogP contribution in [0.4, 0.5) is 0 Å². The molecule has 1 atom stereocenters. The number of hydrogen-bond donors (Lipinski definition) is 2. The number of esters is 1. The summed E-state index contributed by atoms with van der Waals surface area (Å²) < 4.78 is 5.50. The molecule has 0 spiro atoms. The maximum Gasteiger partial charge on any atom is 0.337 e. The van der Waals surface area contributed by atoms with E-state index in [-0.39, 0.29) is 17.8 Å². The molecule has 0 fully saturated rings. The molecule has 1 heterocycles. The first kappa shape index (κ1) is 19.7. The highest BCUT2D eigenvalue weighted by atomic mass is 35.5. The van der Waals surface area contributed by atoms with Gasteiger partial charge in [-0.25, -0.2) is 9.59 Å². The number of carboxylic acids is 1. The SMILES string of the molecule is CC1=C(C(=O)O)C(c2ccccc2Cl)C(C(=O)OCc2ccccc2)=C(C)N1. The topological polar surface area (TPSA) is 75.6 Å². The van der Waals surface area contributed by atoms with Gasteiger partial charge in [-0.2, -0.15) is 0 Å². The fourth-order valence-electron chi connectivity index (χ4n) is 3.37. The van der Waals surface area contributed by atoms with Gasteiger partial charge in [0.2, 0.25) is 0 Å². The van der Waals surface area contributed by atoms with Crippen LogP contribution in [0.3, 0.4) is 0 Å². The standard InChI is InChI=1S/C22H20ClNO4/c1-13-18(21(25)26)20(16-10-6-7-11-17(16)23)19(14(2)24-13)22(27)28-12-15-8-4-3-5-9-15/h3-11,20,24H,12H2,1-2H3,(H,25,26). The van der Waals surface area contributed by atoms with E-state index in [4.69, 9.17) is 16.3 Å². The van der Waals surface area contributed by atoms with Crippen LogP contribution in [-0.2, 0) is 20.9 Å². The lowest BCUT2D eigenvalue weighted by molar-refractivity contribution is -0.140. The smallest absolute Gasteiger partial charge is 0.337 e. The normalized spacial score (nSPS) is 16.6. The van der Waals surface area contributed by atoms with Gasteiger partial charge in [-0.3, -0.25) is 0 Å². The zero-order chi connectivity index (χ0) is 20.3. The van der Waals surface area contributed by atoms with Crippen LogP contribution in [0.1, 0.15) is 30.9 Å². The Kier molecular flexibility index (Phi) is 5.85. The Hall–Kier alpha value is -3.05. The molecule has 0 aliphatic carbocycles. The van der Waals surface area contributed by atoms with Gasteiger partial charge in [0.25, 0.3) is 0 Å². The average molecular weight is 398 g/mol. The summed E-state index contributed by atoms with van der Waals surface area (Å²) in [5.74, 6) is -2.52.